The van der Waals surface area contributed by atoms with Crippen LogP contribution in [0.25, 0.3) is 0 Å². The third-order valence-electron chi connectivity index (χ3n) is 4.78. The van der Waals surface area contributed by atoms with Crippen molar-refractivity contribution in [2.75, 3.05) is 19.7 Å². The van der Waals surface area contributed by atoms with Gasteiger partial charge in [0.2, 0.25) is 5.91 Å². The van der Waals surface area contributed by atoms with Gasteiger partial charge in [0.15, 0.2) is 0 Å². The highest BCUT2D eigenvalue weighted by molar-refractivity contribution is 5.85. The van der Waals surface area contributed by atoms with Gasteiger partial charge >= 0.3 is 0 Å². The molecular formula is C17H31N3O2. The molecule has 0 bridgehead atoms. The number of ether oxygens (including phenoxy) is 1. The SMILES string of the molecule is CC(=O)N1CCC(CC2OCC(C)(CC(C)C)N=C2N)CC1. The molecule has 2 rings (SSSR count). The summed E-state index contributed by atoms with van der Waals surface area (Å²) in [6.07, 6.45) is 3.96. The lowest BCUT2D eigenvalue weighted by Gasteiger charge is -2.37. The first kappa shape index (κ1) is 17.3. The lowest BCUT2D eigenvalue weighted by molar-refractivity contribution is -0.130. The van der Waals surface area contributed by atoms with Crippen LogP contribution in [-0.2, 0) is 9.53 Å². The van der Waals surface area contributed by atoms with E-state index in [9.17, 15) is 4.79 Å². The molecule has 22 heavy (non-hydrogen) atoms. The Balaban J connectivity index is 1.87. The van der Waals surface area contributed by atoms with E-state index in [1.807, 2.05) is 4.90 Å². The van der Waals surface area contributed by atoms with E-state index in [2.05, 4.69) is 20.8 Å². The van der Waals surface area contributed by atoms with Crippen LogP contribution in [0.5, 0.6) is 0 Å². The molecule has 5 nitrogen and oxygen atoms in total. The van der Waals surface area contributed by atoms with Crippen LogP contribution in [0.2, 0.25) is 0 Å². The number of hydrogen-bond donors (Lipinski definition) is 1. The molecule has 0 radical (unpaired) electrons. The number of rotatable bonds is 4. The average Bonchev–Trinajstić information content (AvgIpc) is 2.41. The maximum absolute atomic E-state index is 11.4. The van der Waals surface area contributed by atoms with Gasteiger partial charge in [0.1, 0.15) is 11.9 Å². The standard InChI is InChI=1S/C17H31N3O2/c1-12(2)10-17(4)11-22-15(16(18)19-17)9-14-5-7-20(8-6-14)13(3)21/h12,14-15H,5-11H2,1-4H3,(H2,18,19). The largest absolute Gasteiger partial charge is 0.385 e. The number of amidine groups is 1. The third kappa shape index (κ3) is 4.45. The Bertz CT molecular complexity index is 428. The van der Waals surface area contributed by atoms with E-state index in [1.165, 1.54) is 0 Å². The Labute approximate surface area is 134 Å². The fraction of sp³-hybridized carbons (Fsp3) is 0.882. The average molecular weight is 309 g/mol. The number of aliphatic imine (C=N–C) groups is 1. The fourth-order valence-electron chi connectivity index (χ4n) is 3.74. The summed E-state index contributed by atoms with van der Waals surface area (Å²) in [5.41, 5.74) is 6.01. The number of nitrogens with zero attached hydrogens (tertiary/aromatic N) is 2. The molecule has 2 N–H and O–H groups in total. The molecule has 2 atom stereocenters. The van der Waals surface area contributed by atoms with Gasteiger partial charge in [-0.3, -0.25) is 9.79 Å². The van der Waals surface area contributed by atoms with E-state index in [4.69, 9.17) is 15.5 Å². The number of likely N-dealkylation sites (tertiary alicyclic amines) is 1. The molecule has 126 valence electrons. The number of hydrogen-bond acceptors (Lipinski definition) is 4. The molecule has 0 saturated carbocycles. The van der Waals surface area contributed by atoms with Gasteiger partial charge in [0.05, 0.1) is 12.1 Å². The third-order valence-corrected chi connectivity index (χ3v) is 4.78. The maximum atomic E-state index is 11.4. The summed E-state index contributed by atoms with van der Waals surface area (Å²) in [4.78, 5) is 18.0. The minimum Gasteiger partial charge on any atom is -0.385 e. The lowest BCUT2D eigenvalue weighted by Crippen LogP contribution is -2.47. The Morgan fingerprint density at radius 3 is 2.59 bits per heavy atom. The van der Waals surface area contributed by atoms with E-state index in [0.29, 0.717) is 24.3 Å². The predicted octanol–water partition coefficient (Wildman–Crippen LogP) is 2.20. The van der Waals surface area contributed by atoms with Crippen LogP contribution in [0, 0.1) is 11.8 Å². The molecule has 5 heteroatoms. The van der Waals surface area contributed by atoms with Gasteiger partial charge in [-0.15, -0.1) is 0 Å². The second-order valence-electron chi connectivity index (χ2n) is 7.62. The lowest BCUT2D eigenvalue weighted by atomic mass is 9.88. The Kier molecular flexibility index (Phi) is 5.48. The van der Waals surface area contributed by atoms with Crippen molar-refractivity contribution >= 4 is 11.7 Å². The van der Waals surface area contributed by atoms with Crippen molar-refractivity contribution in [3.8, 4) is 0 Å². The number of piperidine rings is 1. The van der Waals surface area contributed by atoms with E-state index >= 15 is 0 Å². The molecule has 0 aromatic rings. The van der Waals surface area contributed by atoms with Crippen LogP contribution in [0.15, 0.2) is 4.99 Å². The molecule has 0 aromatic carbocycles. The molecule has 0 spiro atoms. The zero-order chi connectivity index (χ0) is 16.3. The van der Waals surface area contributed by atoms with E-state index in [0.717, 1.165) is 38.8 Å². The van der Waals surface area contributed by atoms with E-state index in [1.54, 1.807) is 6.92 Å². The van der Waals surface area contributed by atoms with Crippen molar-refractivity contribution in [2.24, 2.45) is 22.6 Å². The second-order valence-corrected chi connectivity index (χ2v) is 7.62. The summed E-state index contributed by atoms with van der Waals surface area (Å²) < 4.78 is 6.05. The molecule has 0 aliphatic carbocycles. The maximum Gasteiger partial charge on any atom is 0.219 e. The first-order chi connectivity index (χ1) is 10.3. The topological polar surface area (TPSA) is 67.9 Å². The van der Waals surface area contributed by atoms with Gasteiger partial charge in [0, 0.05) is 20.0 Å². The van der Waals surface area contributed by atoms with Gasteiger partial charge in [0.25, 0.3) is 0 Å². The smallest absolute Gasteiger partial charge is 0.219 e. The van der Waals surface area contributed by atoms with Crippen molar-refractivity contribution in [1.29, 1.82) is 0 Å². The summed E-state index contributed by atoms with van der Waals surface area (Å²) in [7, 11) is 0. The Morgan fingerprint density at radius 2 is 2.09 bits per heavy atom. The van der Waals surface area contributed by atoms with Crippen LogP contribution in [0.3, 0.4) is 0 Å². The van der Waals surface area contributed by atoms with Crippen molar-refractivity contribution in [1.82, 2.24) is 4.90 Å². The quantitative estimate of drug-likeness (QED) is 0.865. The first-order valence-corrected chi connectivity index (χ1v) is 8.51. The highest BCUT2D eigenvalue weighted by Gasteiger charge is 2.34. The van der Waals surface area contributed by atoms with Crippen LogP contribution in [0.1, 0.15) is 53.4 Å². The predicted molar refractivity (Wildman–Crippen MR) is 88.8 cm³/mol. The molecule has 2 aliphatic heterocycles. The summed E-state index contributed by atoms with van der Waals surface area (Å²) in [6, 6.07) is 0. The molecule has 1 saturated heterocycles. The molecule has 2 heterocycles. The number of amides is 1. The van der Waals surface area contributed by atoms with Gasteiger partial charge in [-0.25, -0.2) is 0 Å². The number of carbonyl (C=O) groups is 1. The fourth-order valence-corrected chi connectivity index (χ4v) is 3.74. The van der Waals surface area contributed by atoms with E-state index in [-0.39, 0.29) is 17.6 Å². The number of nitrogens with two attached hydrogens (primary N) is 1. The van der Waals surface area contributed by atoms with Crippen LogP contribution >= 0.6 is 0 Å². The molecule has 0 aromatic heterocycles. The van der Waals surface area contributed by atoms with Crippen molar-refractivity contribution < 1.29 is 9.53 Å². The van der Waals surface area contributed by atoms with Gasteiger partial charge in [-0.05, 0) is 44.4 Å². The highest BCUT2D eigenvalue weighted by Crippen LogP contribution is 2.29. The van der Waals surface area contributed by atoms with Crippen molar-refractivity contribution in [3.63, 3.8) is 0 Å². The minimum atomic E-state index is -0.174. The minimum absolute atomic E-state index is 0.0471. The Hall–Kier alpha value is -1.10. The summed E-state index contributed by atoms with van der Waals surface area (Å²) >= 11 is 0. The molecule has 2 unspecified atom stereocenters. The van der Waals surface area contributed by atoms with Crippen molar-refractivity contribution in [2.45, 2.75) is 65.0 Å². The number of carbonyl (C=O) groups excluding carboxylic acids is 1. The van der Waals surface area contributed by atoms with Crippen molar-refractivity contribution in [3.05, 3.63) is 0 Å². The molecule has 2 aliphatic rings. The summed E-state index contributed by atoms with van der Waals surface area (Å²) in [5.74, 6) is 1.99. The summed E-state index contributed by atoms with van der Waals surface area (Å²) in [5, 5.41) is 0. The van der Waals surface area contributed by atoms with Crippen LogP contribution < -0.4 is 5.73 Å². The molecule has 1 amide bonds. The van der Waals surface area contributed by atoms with Gasteiger partial charge < -0.3 is 15.4 Å². The van der Waals surface area contributed by atoms with Gasteiger partial charge in [-0.2, -0.15) is 0 Å². The normalized spacial score (nSPS) is 30.5. The first-order valence-electron chi connectivity index (χ1n) is 8.51. The monoisotopic (exact) mass is 309 g/mol. The Morgan fingerprint density at radius 1 is 1.45 bits per heavy atom. The molecule has 1 fully saturated rings. The summed E-state index contributed by atoms with van der Waals surface area (Å²) in [6.45, 7) is 10.5. The van der Waals surface area contributed by atoms with E-state index < -0.39 is 0 Å². The van der Waals surface area contributed by atoms with Crippen LogP contribution in [-0.4, -0.2) is 48.0 Å². The van der Waals surface area contributed by atoms with Gasteiger partial charge in [-0.1, -0.05) is 13.8 Å². The van der Waals surface area contributed by atoms with Crippen LogP contribution in [0.4, 0.5) is 0 Å². The second kappa shape index (κ2) is 6.99. The molecular weight excluding hydrogens is 278 g/mol. The highest BCUT2D eigenvalue weighted by atomic mass is 16.5. The zero-order valence-corrected chi connectivity index (χ0v) is 14.5. The zero-order valence-electron chi connectivity index (χ0n) is 14.5.